The van der Waals surface area contributed by atoms with Gasteiger partial charge in [0.25, 0.3) is 15.7 Å². The number of nitro groups is 1. The van der Waals surface area contributed by atoms with Gasteiger partial charge in [-0.2, -0.15) is 0 Å². The molecule has 0 bridgehead atoms. The molecule has 6 aromatic rings. The Morgan fingerprint density at radius 1 is 0.898 bits per heavy atom. The molecule has 0 radical (unpaired) electrons. The maximum absolute atomic E-state index is 13.8. The number of sulfonamides is 1. The number of nitrogens with zero attached hydrogens (tertiary/aromatic N) is 6. The Morgan fingerprint density at radius 2 is 1.68 bits per heavy atom. The van der Waals surface area contributed by atoms with Crippen LogP contribution in [0.5, 0.6) is 5.75 Å². The molecule has 59 heavy (non-hydrogen) atoms. The molecule has 0 amide bonds. The van der Waals surface area contributed by atoms with Crippen LogP contribution >= 0.6 is 11.8 Å². The minimum Gasteiger partial charge on any atom is -0.497 e. The van der Waals surface area contributed by atoms with E-state index >= 15 is 0 Å². The summed E-state index contributed by atoms with van der Waals surface area (Å²) in [6.45, 7) is 4.94. The van der Waals surface area contributed by atoms with E-state index in [0.29, 0.717) is 16.7 Å². The zero-order valence-corrected chi connectivity index (χ0v) is 35.0. The molecule has 306 valence electrons. The number of nitro benzene ring substituents is 1. The molecule has 1 atom stereocenters. The van der Waals surface area contributed by atoms with E-state index in [1.54, 1.807) is 18.9 Å². The summed E-state index contributed by atoms with van der Waals surface area (Å²) < 4.78 is 35.5. The van der Waals surface area contributed by atoms with E-state index in [2.05, 4.69) is 71.1 Å². The van der Waals surface area contributed by atoms with Crippen LogP contribution in [-0.4, -0.2) is 98.8 Å². The van der Waals surface area contributed by atoms with Crippen molar-refractivity contribution in [2.75, 3.05) is 74.6 Å². The minimum absolute atomic E-state index is 0.0904. The molecular formula is C44H48N8O5S2. The van der Waals surface area contributed by atoms with Gasteiger partial charge in [-0.25, -0.2) is 18.4 Å². The zero-order valence-electron chi connectivity index (χ0n) is 33.3. The third-order valence-electron chi connectivity index (χ3n) is 10.3. The van der Waals surface area contributed by atoms with Crippen LogP contribution in [0.3, 0.4) is 0 Å². The number of aromatic nitrogens is 2. The fourth-order valence-electron chi connectivity index (χ4n) is 7.14. The number of anilines is 3. The van der Waals surface area contributed by atoms with Gasteiger partial charge in [0.2, 0.25) is 0 Å². The second kappa shape index (κ2) is 18.9. The predicted molar refractivity (Wildman–Crippen MR) is 237 cm³/mol. The second-order valence-electron chi connectivity index (χ2n) is 14.7. The van der Waals surface area contributed by atoms with Crippen LogP contribution in [0, 0.1) is 10.1 Å². The first-order valence-corrected chi connectivity index (χ1v) is 21.9. The first-order chi connectivity index (χ1) is 28.6. The van der Waals surface area contributed by atoms with E-state index < -0.39 is 14.9 Å². The highest BCUT2D eigenvalue weighted by atomic mass is 32.2. The number of piperazine rings is 1. The van der Waals surface area contributed by atoms with Crippen molar-refractivity contribution in [1.82, 2.24) is 19.8 Å². The Balaban J connectivity index is 1.02. The summed E-state index contributed by atoms with van der Waals surface area (Å²) >= 11 is 1.66. The standard InChI is InChI=1S/C44H48N8O5S2/c1-49(2)21-20-34(30-58-37-13-5-4-6-14-37)47-41-19-17-38(28-43(41)52(53)54)59(55,56)48-44-40-18-16-35(27-42(40)45-31-46-44)51-24-22-50(23-25-51)29-33-10-7-8-15-39(33)32-11-9-12-36(26-32)57-3/h4-19,26-28,31,34,47H,20-25,29-30H2,1-3H3,(H,45,46,48)/t34-/m1/s1. The number of thioether (sulfide) groups is 1. The van der Waals surface area contributed by atoms with Crippen LogP contribution in [0.15, 0.2) is 131 Å². The van der Waals surface area contributed by atoms with Crippen LogP contribution in [0.4, 0.5) is 22.9 Å². The summed E-state index contributed by atoms with van der Waals surface area (Å²) in [5.41, 5.74) is 5.05. The molecule has 15 heteroatoms. The molecule has 2 N–H and O–H groups in total. The Bertz CT molecular complexity index is 2500. The van der Waals surface area contributed by atoms with Gasteiger partial charge in [0, 0.05) is 66.6 Å². The van der Waals surface area contributed by atoms with Gasteiger partial charge >= 0.3 is 0 Å². The molecule has 13 nitrogen and oxygen atoms in total. The van der Waals surface area contributed by atoms with Crippen LogP contribution < -0.4 is 19.7 Å². The van der Waals surface area contributed by atoms with Crippen molar-refractivity contribution in [3.05, 3.63) is 137 Å². The average Bonchev–Trinajstić information content (AvgIpc) is 3.25. The molecule has 1 saturated heterocycles. The normalized spacial score (nSPS) is 14.0. The maximum Gasteiger partial charge on any atom is 0.293 e. The third-order valence-corrected chi connectivity index (χ3v) is 12.8. The SMILES string of the molecule is COc1cccc(-c2ccccc2CN2CCN(c3ccc4c(NS(=O)(=O)c5ccc(N[C@H](CCN(C)C)CSc6ccccc6)c([N+](=O)[O-])c5)ncnc4c3)CC2)c1. The number of methoxy groups -OCH3 is 1. The van der Waals surface area contributed by atoms with Crippen molar-refractivity contribution in [3.63, 3.8) is 0 Å². The van der Waals surface area contributed by atoms with Gasteiger partial charge in [0.05, 0.1) is 22.4 Å². The summed E-state index contributed by atoms with van der Waals surface area (Å²) in [6.07, 6.45) is 2.05. The van der Waals surface area contributed by atoms with Crippen LogP contribution in [0.2, 0.25) is 0 Å². The van der Waals surface area contributed by atoms with Gasteiger partial charge < -0.3 is 19.9 Å². The van der Waals surface area contributed by atoms with E-state index in [1.807, 2.05) is 74.8 Å². The molecule has 1 aromatic heterocycles. The van der Waals surface area contributed by atoms with Crippen LogP contribution in [0.1, 0.15) is 12.0 Å². The van der Waals surface area contributed by atoms with Crippen LogP contribution in [-0.2, 0) is 16.6 Å². The largest absolute Gasteiger partial charge is 0.497 e. The molecule has 7 rings (SSSR count). The number of ether oxygens (including phenoxy) is 1. The smallest absolute Gasteiger partial charge is 0.293 e. The number of benzene rings is 5. The van der Waals surface area contributed by atoms with Crippen molar-refractivity contribution in [1.29, 1.82) is 0 Å². The monoisotopic (exact) mass is 832 g/mol. The van der Waals surface area contributed by atoms with E-state index in [0.717, 1.165) is 73.7 Å². The van der Waals surface area contributed by atoms with Crippen molar-refractivity contribution in [2.24, 2.45) is 0 Å². The molecule has 5 aromatic carbocycles. The van der Waals surface area contributed by atoms with E-state index in [1.165, 1.54) is 29.6 Å². The molecular weight excluding hydrogens is 785 g/mol. The van der Waals surface area contributed by atoms with Crippen LogP contribution in [0.25, 0.3) is 22.0 Å². The average molecular weight is 833 g/mol. The van der Waals surface area contributed by atoms with Crippen molar-refractivity contribution >= 4 is 55.6 Å². The topological polar surface area (TPSA) is 146 Å². The maximum atomic E-state index is 13.8. The van der Waals surface area contributed by atoms with Crippen molar-refractivity contribution in [2.45, 2.75) is 28.8 Å². The highest BCUT2D eigenvalue weighted by molar-refractivity contribution is 7.99. The number of hydrogen-bond acceptors (Lipinski definition) is 12. The van der Waals surface area contributed by atoms with Gasteiger partial charge in [0.1, 0.15) is 17.8 Å². The molecule has 1 aliphatic rings. The van der Waals surface area contributed by atoms with E-state index in [-0.39, 0.29) is 28.1 Å². The van der Waals surface area contributed by atoms with E-state index in [9.17, 15) is 18.5 Å². The fourth-order valence-corrected chi connectivity index (χ4v) is 9.18. The van der Waals surface area contributed by atoms with Gasteiger partial charge in [-0.15, -0.1) is 11.8 Å². The number of nitrogens with one attached hydrogen (secondary N) is 2. The summed E-state index contributed by atoms with van der Waals surface area (Å²) in [4.78, 5) is 28.1. The quantitative estimate of drug-likeness (QED) is 0.0524. The summed E-state index contributed by atoms with van der Waals surface area (Å²) in [6, 6.07) is 36.1. The van der Waals surface area contributed by atoms with Gasteiger partial charge in [-0.3, -0.25) is 19.7 Å². The Morgan fingerprint density at radius 3 is 2.44 bits per heavy atom. The zero-order chi connectivity index (χ0) is 41.4. The third kappa shape index (κ3) is 10.5. The lowest BCUT2D eigenvalue weighted by molar-refractivity contribution is -0.384. The van der Waals surface area contributed by atoms with E-state index in [4.69, 9.17) is 4.74 Å². The molecule has 0 spiro atoms. The first kappa shape index (κ1) is 41.4. The van der Waals surface area contributed by atoms with Crippen molar-refractivity contribution < 1.29 is 18.1 Å². The summed E-state index contributed by atoms with van der Waals surface area (Å²) in [5, 5.41) is 16.2. The molecule has 1 aliphatic heterocycles. The second-order valence-corrected chi connectivity index (χ2v) is 17.5. The summed E-state index contributed by atoms with van der Waals surface area (Å²) in [5.74, 6) is 1.58. The molecule has 0 aliphatic carbocycles. The number of rotatable bonds is 17. The number of hydrogen-bond donors (Lipinski definition) is 2. The lowest BCUT2D eigenvalue weighted by Gasteiger charge is -2.36. The Labute approximate surface area is 349 Å². The number of fused-ring (bicyclic) bond motifs is 1. The highest BCUT2D eigenvalue weighted by Crippen LogP contribution is 2.33. The molecule has 2 heterocycles. The van der Waals surface area contributed by atoms with Gasteiger partial charge in [-0.1, -0.05) is 54.6 Å². The fraction of sp³-hybridized carbons (Fsp3) is 0.273. The molecule has 1 fully saturated rings. The van der Waals surface area contributed by atoms with Gasteiger partial charge in [-0.05, 0) is 98.3 Å². The highest BCUT2D eigenvalue weighted by Gasteiger charge is 2.25. The minimum atomic E-state index is -4.27. The van der Waals surface area contributed by atoms with Gasteiger partial charge in [0.15, 0.2) is 5.82 Å². The van der Waals surface area contributed by atoms with Crippen molar-refractivity contribution in [3.8, 4) is 16.9 Å². The lowest BCUT2D eigenvalue weighted by Crippen LogP contribution is -2.46. The first-order valence-electron chi connectivity index (χ1n) is 19.4. The Hall–Kier alpha value is -5.74. The summed E-state index contributed by atoms with van der Waals surface area (Å²) in [7, 11) is 1.37. The predicted octanol–water partition coefficient (Wildman–Crippen LogP) is 7.86. The molecule has 0 saturated carbocycles. The lowest BCUT2D eigenvalue weighted by atomic mass is 9.99. The Kier molecular flexibility index (Phi) is 13.3. The molecule has 0 unspecified atom stereocenters.